The Hall–Kier alpha value is -1.48. The molecule has 0 aliphatic heterocycles. The van der Waals surface area contributed by atoms with Gasteiger partial charge in [0.1, 0.15) is 6.10 Å². The van der Waals surface area contributed by atoms with Gasteiger partial charge in [0, 0.05) is 18.7 Å². The van der Waals surface area contributed by atoms with Crippen molar-refractivity contribution < 1.29 is 23.8 Å². The molecule has 0 aliphatic carbocycles. The second-order valence-electron chi connectivity index (χ2n) is 7.92. The van der Waals surface area contributed by atoms with E-state index in [2.05, 4.69) is 29.5 Å². The fourth-order valence-corrected chi connectivity index (χ4v) is 2.44. The van der Waals surface area contributed by atoms with E-state index in [9.17, 15) is 9.59 Å². The molecule has 4 atom stereocenters. The molecule has 170 valence electrons. The molecule has 0 aromatic rings. The monoisotopic (exact) mass is 415 g/mol. The topological polar surface area (TPSA) is 97.9 Å². The minimum absolute atomic E-state index is 0.142. The molecule has 4 unspecified atom stereocenters. The third-order valence-electron chi connectivity index (χ3n) is 4.13. The van der Waals surface area contributed by atoms with Crippen LogP contribution in [0.3, 0.4) is 0 Å². The van der Waals surface area contributed by atoms with Gasteiger partial charge in [-0.2, -0.15) is 0 Å². The van der Waals surface area contributed by atoms with Crippen molar-refractivity contribution in [1.29, 1.82) is 0 Å². The number of hydrogen-bond donors (Lipinski definition) is 3. The average molecular weight is 416 g/mol. The van der Waals surface area contributed by atoms with Crippen molar-refractivity contribution in [2.45, 2.75) is 33.8 Å². The maximum atomic E-state index is 11.6. The smallest absolute Gasteiger partial charge is 0.246 e. The maximum Gasteiger partial charge on any atom is 0.246 e. The number of amides is 2. The zero-order chi connectivity index (χ0) is 22.1. The SMILES string of the molecule is C=C(C)C(=O)NCC(C)COC(COCC(C)CNC)COCC(C)CNC=O. The quantitative estimate of drug-likeness (QED) is 0.215. The predicted octanol–water partition coefficient (Wildman–Crippen LogP) is 0.971. The van der Waals surface area contributed by atoms with E-state index in [1.54, 1.807) is 6.92 Å². The molecule has 0 saturated carbocycles. The van der Waals surface area contributed by atoms with Crippen LogP contribution in [-0.2, 0) is 23.8 Å². The first-order valence-corrected chi connectivity index (χ1v) is 10.3. The van der Waals surface area contributed by atoms with E-state index in [-0.39, 0.29) is 23.8 Å². The largest absolute Gasteiger partial charge is 0.378 e. The van der Waals surface area contributed by atoms with Gasteiger partial charge in [-0.3, -0.25) is 9.59 Å². The van der Waals surface area contributed by atoms with Crippen molar-refractivity contribution in [1.82, 2.24) is 16.0 Å². The molecule has 0 radical (unpaired) electrons. The second-order valence-corrected chi connectivity index (χ2v) is 7.92. The summed E-state index contributed by atoms with van der Waals surface area (Å²) in [5.41, 5.74) is 0.492. The molecule has 0 aliphatic rings. The van der Waals surface area contributed by atoms with E-state index >= 15 is 0 Å². The van der Waals surface area contributed by atoms with Gasteiger partial charge < -0.3 is 30.2 Å². The number of carbonyl (C=O) groups excluding carboxylic acids is 2. The lowest BCUT2D eigenvalue weighted by molar-refractivity contribution is -0.118. The molecule has 3 N–H and O–H groups in total. The van der Waals surface area contributed by atoms with Crippen molar-refractivity contribution in [2.24, 2.45) is 17.8 Å². The van der Waals surface area contributed by atoms with E-state index in [0.29, 0.717) is 64.0 Å². The molecule has 8 nitrogen and oxygen atoms in total. The van der Waals surface area contributed by atoms with Crippen LogP contribution in [0.15, 0.2) is 12.2 Å². The third kappa shape index (κ3) is 16.0. The molecule has 0 rings (SSSR count). The Morgan fingerprint density at radius 1 is 0.931 bits per heavy atom. The first kappa shape index (κ1) is 27.5. The molecule has 0 saturated heterocycles. The molecule has 0 aromatic heterocycles. The third-order valence-corrected chi connectivity index (χ3v) is 4.13. The molecule has 29 heavy (non-hydrogen) atoms. The lowest BCUT2D eigenvalue weighted by atomic mass is 10.2. The van der Waals surface area contributed by atoms with Crippen LogP contribution in [0, 0.1) is 17.8 Å². The van der Waals surface area contributed by atoms with E-state index in [0.717, 1.165) is 6.54 Å². The Kier molecular flexibility index (Phi) is 16.5. The number of carbonyl (C=O) groups is 2. The predicted molar refractivity (Wildman–Crippen MR) is 115 cm³/mol. The van der Waals surface area contributed by atoms with E-state index in [1.807, 2.05) is 20.9 Å². The summed E-state index contributed by atoms with van der Waals surface area (Å²) in [4.78, 5) is 22.0. The number of nitrogens with one attached hydrogen (secondary N) is 3. The molecule has 0 aromatic carbocycles. The zero-order valence-corrected chi connectivity index (χ0v) is 18.8. The zero-order valence-electron chi connectivity index (χ0n) is 18.8. The summed E-state index contributed by atoms with van der Waals surface area (Å²) in [6.07, 6.45) is 0.499. The van der Waals surface area contributed by atoms with E-state index in [4.69, 9.17) is 14.2 Å². The molecule has 8 heteroatoms. The minimum atomic E-state index is -0.192. The summed E-state index contributed by atoms with van der Waals surface area (Å²) in [6, 6.07) is 0. The Labute approximate surface area is 176 Å². The fourth-order valence-electron chi connectivity index (χ4n) is 2.44. The van der Waals surface area contributed by atoms with Crippen LogP contribution in [0.2, 0.25) is 0 Å². The molecule has 0 bridgehead atoms. The van der Waals surface area contributed by atoms with Gasteiger partial charge in [0.05, 0.1) is 33.0 Å². The minimum Gasteiger partial charge on any atom is -0.378 e. The number of rotatable bonds is 19. The second kappa shape index (κ2) is 17.4. The van der Waals surface area contributed by atoms with Crippen molar-refractivity contribution in [3.63, 3.8) is 0 Å². The van der Waals surface area contributed by atoms with Gasteiger partial charge >= 0.3 is 0 Å². The first-order chi connectivity index (χ1) is 13.8. The van der Waals surface area contributed by atoms with Gasteiger partial charge in [-0.15, -0.1) is 0 Å². The van der Waals surface area contributed by atoms with Gasteiger partial charge in [-0.1, -0.05) is 27.4 Å². The molecule has 0 spiro atoms. The van der Waals surface area contributed by atoms with Crippen LogP contribution in [0.25, 0.3) is 0 Å². The lowest BCUT2D eigenvalue weighted by Crippen LogP contribution is -2.34. The van der Waals surface area contributed by atoms with Gasteiger partial charge in [-0.05, 0) is 38.3 Å². The van der Waals surface area contributed by atoms with Crippen molar-refractivity contribution in [2.75, 3.05) is 59.7 Å². The molecule has 0 heterocycles. The van der Waals surface area contributed by atoms with Gasteiger partial charge in [-0.25, -0.2) is 0 Å². The number of hydrogen-bond acceptors (Lipinski definition) is 6. The van der Waals surface area contributed by atoms with Crippen LogP contribution in [-0.4, -0.2) is 78.1 Å². The maximum absolute atomic E-state index is 11.6. The molecule has 2 amide bonds. The van der Waals surface area contributed by atoms with Crippen LogP contribution in [0.4, 0.5) is 0 Å². The molecular formula is C21H41N3O5. The van der Waals surface area contributed by atoms with Gasteiger partial charge in [0.15, 0.2) is 0 Å². The highest BCUT2D eigenvalue weighted by atomic mass is 16.6. The normalized spacial score (nSPS) is 15.2. The van der Waals surface area contributed by atoms with E-state index < -0.39 is 0 Å². The summed E-state index contributed by atoms with van der Waals surface area (Å²) in [6.45, 7) is 16.0. The van der Waals surface area contributed by atoms with Gasteiger partial charge in [0.2, 0.25) is 12.3 Å². The summed E-state index contributed by atoms with van der Waals surface area (Å²) < 4.78 is 17.6. The molecular weight excluding hydrogens is 374 g/mol. The highest BCUT2D eigenvalue weighted by molar-refractivity contribution is 5.92. The van der Waals surface area contributed by atoms with Crippen LogP contribution < -0.4 is 16.0 Å². The fraction of sp³-hybridized carbons (Fsp3) is 0.810. The summed E-state index contributed by atoms with van der Waals surface area (Å²) in [5, 5.41) is 8.62. The van der Waals surface area contributed by atoms with Crippen LogP contribution in [0.1, 0.15) is 27.7 Å². The summed E-state index contributed by atoms with van der Waals surface area (Å²) in [5.74, 6) is 0.636. The van der Waals surface area contributed by atoms with Crippen LogP contribution >= 0.6 is 0 Å². The van der Waals surface area contributed by atoms with Crippen LogP contribution in [0.5, 0.6) is 0 Å². The molecule has 0 fully saturated rings. The Morgan fingerprint density at radius 2 is 1.48 bits per heavy atom. The summed E-state index contributed by atoms with van der Waals surface area (Å²) >= 11 is 0. The standard InChI is InChI=1S/C21H41N3O5/c1-16(2)21(26)24-9-19(5)12-29-20(13-27-10-17(3)7-22-6)14-28-11-18(4)8-23-15-25/h15,17-20,22H,1,7-14H2,2-6H3,(H,23,25)(H,24,26). The highest BCUT2D eigenvalue weighted by Crippen LogP contribution is 2.04. The first-order valence-electron chi connectivity index (χ1n) is 10.3. The average Bonchev–Trinajstić information content (AvgIpc) is 2.68. The van der Waals surface area contributed by atoms with Crippen molar-refractivity contribution in [3.8, 4) is 0 Å². The van der Waals surface area contributed by atoms with Crippen molar-refractivity contribution >= 4 is 12.3 Å². The highest BCUT2D eigenvalue weighted by Gasteiger charge is 2.15. The Balaban J connectivity index is 4.36. The summed E-state index contributed by atoms with van der Waals surface area (Å²) in [7, 11) is 1.92. The number of ether oxygens (including phenoxy) is 3. The Morgan fingerprint density at radius 3 is 2.00 bits per heavy atom. The Bertz CT molecular complexity index is 462. The van der Waals surface area contributed by atoms with Gasteiger partial charge in [0.25, 0.3) is 0 Å². The van der Waals surface area contributed by atoms with Crippen molar-refractivity contribution in [3.05, 3.63) is 12.2 Å². The lowest BCUT2D eigenvalue weighted by Gasteiger charge is -2.22. The van der Waals surface area contributed by atoms with E-state index in [1.165, 1.54) is 0 Å².